The summed E-state index contributed by atoms with van der Waals surface area (Å²) in [7, 11) is 0. The average Bonchev–Trinajstić information content (AvgIpc) is 2.61. The Balaban J connectivity index is 2.53. The van der Waals surface area contributed by atoms with Gasteiger partial charge in [0.05, 0.1) is 4.75 Å². The van der Waals surface area contributed by atoms with Crippen LogP contribution in [0.5, 0.6) is 0 Å². The third-order valence-corrected chi connectivity index (χ3v) is 4.84. The molecule has 0 radical (unpaired) electrons. The molecule has 0 aromatic heterocycles. The summed E-state index contributed by atoms with van der Waals surface area (Å²) in [5.74, 6) is 2.13. The highest BCUT2D eigenvalue weighted by molar-refractivity contribution is 8.01. The normalized spacial score (nSPS) is 28.1. The van der Waals surface area contributed by atoms with Gasteiger partial charge in [0.2, 0.25) is 5.91 Å². The lowest BCUT2D eigenvalue weighted by Gasteiger charge is -2.27. The zero-order chi connectivity index (χ0) is 11.5. The fourth-order valence-electron chi connectivity index (χ4n) is 1.66. The Morgan fingerprint density at radius 3 is 2.67 bits per heavy atom. The van der Waals surface area contributed by atoms with Crippen LogP contribution in [-0.4, -0.2) is 28.3 Å². The molecule has 0 bridgehead atoms. The van der Waals surface area contributed by atoms with Crippen LogP contribution < -0.4 is 5.32 Å². The summed E-state index contributed by atoms with van der Waals surface area (Å²) >= 11 is 7.60. The summed E-state index contributed by atoms with van der Waals surface area (Å²) < 4.78 is -0.223. The summed E-state index contributed by atoms with van der Waals surface area (Å²) in [6.45, 7) is 6.19. The lowest BCUT2D eigenvalue weighted by Crippen LogP contribution is -2.48. The Bertz CT molecular complexity index is 227. The van der Waals surface area contributed by atoms with Crippen LogP contribution in [0.15, 0.2) is 0 Å². The van der Waals surface area contributed by atoms with Crippen LogP contribution in [0.3, 0.4) is 0 Å². The molecule has 1 aliphatic heterocycles. The topological polar surface area (TPSA) is 29.1 Å². The molecule has 0 aliphatic carbocycles. The van der Waals surface area contributed by atoms with Crippen LogP contribution in [-0.2, 0) is 4.79 Å². The van der Waals surface area contributed by atoms with Gasteiger partial charge >= 0.3 is 0 Å². The summed E-state index contributed by atoms with van der Waals surface area (Å²) in [5.41, 5.74) is 0. The van der Waals surface area contributed by atoms with Gasteiger partial charge in [-0.3, -0.25) is 4.79 Å². The van der Waals surface area contributed by atoms with Crippen molar-refractivity contribution in [3.8, 4) is 0 Å². The first-order valence-electron chi connectivity index (χ1n) is 5.50. The van der Waals surface area contributed by atoms with Crippen LogP contribution in [0.4, 0.5) is 0 Å². The second-order valence-electron chi connectivity index (χ2n) is 4.66. The Kier molecular flexibility index (Phi) is 4.78. The van der Waals surface area contributed by atoms with Gasteiger partial charge in [0.15, 0.2) is 0 Å². The van der Waals surface area contributed by atoms with Crippen molar-refractivity contribution in [1.82, 2.24) is 5.32 Å². The van der Waals surface area contributed by atoms with Crippen molar-refractivity contribution in [3.63, 3.8) is 0 Å². The van der Waals surface area contributed by atoms with Crippen LogP contribution in [0, 0.1) is 5.92 Å². The maximum absolute atomic E-state index is 12.1. The molecule has 4 heteroatoms. The number of hydrogen-bond acceptors (Lipinski definition) is 2. The first-order valence-corrected chi connectivity index (χ1v) is 7.02. The highest BCUT2D eigenvalue weighted by Crippen LogP contribution is 2.37. The van der Waals surface area contributed by atoms with Crippen molar-refractivity contribution in [2.75, 3.05) is 11.6 Å². The van der Waals surface area contributed by atoms with Crippen LogP contribution in [0.25, 0.3) is 0 Å². The molecular formula is C11H20ClNOS. The molecule has 2 nitrogen and oxygen atoms in total. The number of nitrogens with one attached hydrogen (secondary N) is 1. The Labute approximate surface area is 102 Å². The van der Waals surface area contributed by atoms with Gasteiger partial charge in [-0.2, -0.15) is 0 Å². The van der Waals surface area contributed by atoms with E-state index in [1.54, 1.807) is 11.8 Å². The minimum absolute atomic E-state index is 0.0946. The molecule has 1 aliphatic rings. The molecule has 88 valence electrons. The summed E-state index contributed by atoms with van der Waals surface area (Å²) in [5, 5.41) is 3.06. The number of hydrogen-bond donors (Lipinski definition) is 1. The number of carbonyl (C=O) groups excluding carboxylic acids is 1. The van der Waals surface area contributed by atoms with E-state index in [-0.39, 0.29) is 16.7 Å². The molecule has 1 fully saturated rings. The number of halogens is 1. The molecule has 0 spiro atoms. The quantitative estimate of drug-likeness (QED) is 0.777. The molecule has 0 aromatic carbocycles. The van der Waals surface area contributed by atoms with E-state index in [4.69, 9.17) is 11.6 Å². The second-order valence-corrected chi connectivity index (χ2v) is 6.57. The Morgan fingerprint density at radius 2 is 2.27 bits per heavy atom. The summed E-state index contributed by atoms with van der Waals surface area (Å²) in [6, 6.07) is 0.0946. The zero-order valence-electron chi connectivity index (χ0n) is 9.68. The van der Waals surface area contributed by atoms with E-state index in [1.807, 2.05) is 6.92 Å². The summed E-state index contributed by atoms with van der Waals surface area (Å²) in [4.78, 5) is 12.1. The van der Waals surface area contributed by atoms with Crippen molar-refractivity contribution in [2.45, 2.75) is 44.4 Å². The Morgan fingerprint density at radius 1 is 1.60 bits per heavy atom. The number of amides is 1. The molecule has 0 aromatic rings. The van der Waals surface area contributed by atoms with Crippen molar-refractivity contribution in [3.05, 3.63) is 0 Å². The van der Waals surface area contributed by atoms with E-state index >= 15 is 0 Å². The first kappa shape index (κ1) is 13.2. The lowest BCUT2D eigenvalue weighted by molar-refractivity contribution is -0.123. The number of alkyl halides is 1. The van der Waals surface area contributed by atoms with Gasteiger partial charge in [0.1, 0.15) is 0 Å². The lowest BCUT2D eigenvalue weighted by atomic mass is 10.0. The van der Waals surface area contributed by atoms with Crippen LogP contribution in [0.2, 0.25) is 0 Å². The third-order valence-electron chi connectivity index (χ3n) is 2.99. The standard InChI is InChI=1S/C11H20ClNOS/c1-8(2)9(7-12)13-10(14)11(3)5-4-6-15-11/h8-9H,4-7H2,1-3H3,(H,13,14). The second kappa shape index (κ2) is 5.44. The summed E-state index contributed by atoms with van der Waals surface area (Å²) in [6.07, 6.45) is 2.12. The zero-order valence-corrected chi connectivity index (χ0v) is 11.3. The van der Waals surface area contributed by atoms with Gasteiger partial charge < -0.3 is 5.32 Å². The van der Waals surface area contributed by atoms with E-state index < -0.39 is 0 Å². The third kappa shape index (κ3) is 3.28. The molecular weight excluding hydrogens is 230 g/mol. The van der Waals surface area contributed by atoms with Gasteiger partial charge in [-0.25, -0.2) is 0 Å². The minimum atomic E-state index is -0.223. The molecule has 2 atom stereocenters. The number of thioether (sulfide) groups is 1. The monoisotopic (exact) mass is 249 g/mol. The van der Waals surface area contributed by atoms with Gasteiger partial charge in [-0.15, -0.1) is 23.4 Å². The molecule has 1 amide bonds. The molecule has 1 N–H and O–H groups in total. The SMILES string of the molecule is CC(C)C(CCl)NC(=O)C1(C)CCCS1. The average molecular weight is 250 g/mol. The first-order chi connectivity index (χ1) is 6.99. The fourth-order valence-corrected chi connectivity index (χ4v) is 3.31. The highest BCUT2D eigenvalue weighted by atomic mass is 35.5. The maximum Gasteiger partial charge on any atom is 0.236 e. The number of carbonyl (C=O) groups is 1. The predicted octanol–water partition coefficient (Wildman–Crippen LogP) is 2.65. The van der Waals surface area contributed by atoms with Gasteiger partial charge in [-0.1, -0.05) is 13.8 Å². The van der Waals surface area contributed by atoms with E-state index in [0.717, 1.165) is 18.6 Å². The molecule has 0 saturated carbocycles. The predicted molar refractivity (Wildman–Crippen MR) is 67.6 cm³/mol. The van der Waals surface area contributed by atoms with Crippen molar-refractivity contribution in [1.29, 1.82) is 0 Å². The maximum atomic E-state index is 12.1. The van der Waals surface area contributed by atoms with Crippen molar-refractivity contribution < 1.29 is 4.79 Å². The van der Waals surface area contributed by atoms with Gasteiger partial charge in [0, 0.05) is 11.9 Å². The highest BCUT2D eigenvalue weighted by Gasteiger charge is 2.38. The smallest absolute Gasteiger partial charge is 0.236 e. The van der Waals surface area contributed by atoms with Crippen LogP contribution in [0.1, 0.15) is 33.6 Å². The molecule has 15 heavy (non-hydrogen) atoms. The van der Waals surface area contributed by atoms with E-state index in [9.17, 15) is 4.79 Å². The van der Waals surface area contributed by atoms with Crippen molar-refractivity contribution in [2.24, 2.45) is 5.92 Å². The van der Waals surface area contributed by atoms with Gasteiger partial charge in [-0.05, 0) is 31.4 Å². The molecule has 1 rings (SSSR count). The molecule has 2 unspecified atom stereocenters. The van der Waals surface area contributed by atoms with E-state index in [1.165, 1.54) is 0 Å². The van der Waals surface area contributed by atoms with E-state index in [2.05, 4.69) is 19.2 Å². The minimum Gasteiger partial charge on any atom is -0.351 e. The molecule has 1 saturated heterocycles. The van der Waals surface area contributed by atoms with E-state index in [0.29, 0.717) is 11.8 Å². The van der Waals surface area contributed by atoms with Crippen molar-refractivity contribution >= 4 is 29.3 Å². The largest absolute Gasteiger partial charge is 0.351 e. The Hall–Kier alpha value is 0.110. The fraction of sp³-hybridized carbons (Fsp3) is 0.909. The molecule has 1 heterocycles. The number of rotatable bonds is 4. The van der Waals surface area contributed by atoms with Crippen LogP contribution >= 0.6 is 23.4 Å². The van der Waals surface area contributed by atoms with Gasteiger partial charge in [0.25, 0.3) is 0 Å².